The molecular formula is C37H30N2O5. The molecule has 7 nitrogen and oxygen atoms in total. The molecule has 0 radical (unpaired) electrons. The molecule has 0 aliphatic heterocycles. The lowest BCUT2D eigenvalue weighted by Gasteiger charge is -2.13. The van der Waals surface area contributed by atoms with E-state index in [4.69, 9.17) is 19.2 Å². The highest BCUT2D eigenvalue weighted by Gasteiger charge is 2.20. The van der Waals surface area contributed by atoms with Crippen LogP contribution in [0.3, 0.4) is 0 Å². The highest BCUT2D eigenvalue weighted by molar-refractivity contribution is 5.87. The molecule has 5 aromatic carbocycles. The highest BCUT2D eigenvalue weighted by Crippen LogP contribution is 2.38. The van der Waals surface area contributed by atoms with E-state index in [1.54, 1.807) is 31.4 Å². The van der Waals surface area contributed by atoms with Crippen LogP contribution in [0.2, 0.25) is 0 Å². The van der Waals surface area contributed by atoms with E-state index in [-0.39, 0.29) is 5.56 Å². The van der Waals surface area contributed by atoms with Crippen LogP contribution in [0.5, 0.6) is 17.2 Å². The van der Waals surface area contributed by atoms with Gasteiger partial charge in [0.25, 0.3) is 0 Å². The number of imidazole rings is 1. The van der Waals surface area contributed by atoms with Crippen molar-refractivity contribution >= 4 is 5.97 Å². The second kappa shape index (κ2) is 13.0. The number of carboxylic acid groups (broad SMARTS) is 1. The minimum atomic E-state index is -0.987. The molecule has 0 aliphatic rings. The lowest BCUT2D eigenvalue weighted by Crippen LogP contribution is -2.01. The van der Waals surface area contributed by atoms with Crippen molar-refractivity contribution in [3.8, 4) is 45.6 Å². The number of carbonyl (C=O) groups is 1. The van der Waals surface area contributed by atoms with Gasteiger partial charge >= 0.3 is 5.97 Å². The van der Waals surface area contributed by atoms with Crippen molar-refractivity contribution in [2.75, 3.05) is 7.11 Å². The number of hydrogen-bond donors (Lipinski definition) is 1. The van der Waals surface area contributed by atoms with Gasteiger partial charge in [0.05, 0.1) is 23.9 Å². The molecule has 0 fully saturated rings. The zero-order valence-corrected chi connectivity index (χ0v) is 24.1. The third kappa shape index (κ3) is 6.32. The fourth-order valence-corrected chi connectivity index (χ4v) is 4.87. The number of methoxy groups -OCH3 is 1. The lowest BCUT2D eigenvalue weighted by molar-refractivity contribution is 0.0697. The van der Waals surface area contributed by atoms with E-state index in [2.05, 4.69) is 0 Å². The molecule has 1 N–H and O–H groups in total. The largest absolute Gasteiger partial charge is 0.497 e. The maximum Gasteiger partial charge on any atom is 0.335 e. The monoisotopic (exact) mass is 582 g/mol. The Balaban J connectivity index is 1.45. The molecule has 218 valence electrons. The van der Waals surface area contributed by atoms with Crippen molar-refractivity contribution in [1.82, 2.24) is 9.55 Å². The van der Waals surface area contributed by atoms with Crippen LogP contribution in [0.1, 0.15) is 21.5 Å². The minimum absolute atomic E-state index is 0.201. The molecule has 7 heteroatoms. The van der Waals surface area contributed by atoms with E-state index in [0.29, 0.717) is 42.0 Å². The summed E-state index contributed by atoms with van der Waals surface area (Å²) in [6.45, 7) is 0.784. The normalized spacial score (nSPS) is 10.8. The van der Waals surface area contributed by atoms with Crippen LogP contribution in [0.4, 0.5) is 0 Å². The van der Waals surface area contributed by atoms with Crippen LogP contribution in [-0.4, -0.2) is 27.7 Å². The molecule has 6 rings (SSSR count). The Hall–Kier alpha value is -5.82. The third-order valence-corrected chi connectivity index (χ3v) is 7.16. The van der Waals surface area contributed by atoms with E-state index in [1.165, 1.54) is 0 Å². The van der Waals surface area contributed by atoms with Crippen molar-refractivity contribution in [3.05, 3.63) is 150 Å². The molecular weight excluding hydrogens is 552 g/mol. The number of nitrogens with zero attached hydrogens (tertiary/aromatic N) is 2. The van der Waals surface area contributed by atoms with E-state index in [1.807, 2.05) is 114 Å². The van der Waals surface area contributed by atoms with Gasteiger partial charge in [-0.2, -0.15) is 0 Å². The van der Waals surface area contributed by atoms with Crippen LogP contribution in [0, 0.1) is 0 Å². The molecule has 0 spiro atoms. The summed E-state index contributed by atoms with van der Waals surface area (Å²) < 4.78 is 20.1. The predicted molar refractivity (Wildman–Crippen MR) is 169 cm³/mol. The second-order valence-corrected chi connectivity index (χ2v) is 10.1. The highest BCUT2D eigenvalue weighted by atomic mass is 16.5. The summed E-state index contributed by atoms with van der Waals surface area (Å²) in [5, 5.41) is 9.47. The Bertz CT molecular complexity index is 1870. The number of rotatable bonds is 11. The molecule has 0 amide bonds. The summed E-state index contributed by atoms with van der Waals surface area (Å²) >= 11 is 0. The fourth-order valence-electron chi connectivity index (χ4n) is 4.87. The Morgan fingerprint density at radius 2 is 1.30 bits per heavy atom. The quantitative estimate of drug-likeness (QED) is 0.166. The zero-order valence-electron chi connectivity index (χ0n) is 24.1. The van der Waals surface area contributed by atoms with Gasteiger partial charge in [0, 0.05) is 17.4 Å². The van der Waals surface area contributed by atoms with Crippen molar-refractivity contribution < 1.29 is 24.1 Å². The first-order valence-electron chi connectivity index (χ1n) is 14.1. The van der Waals surface area contributed by atoms with Gasteiger partial charge in [-0.25, -0.2) is 9.78 Å². The Morgan fingerprint density at radius 3 is 1.91 bits per heavy atom. The number of aromatic carboxylic acids is 1. The van der Waals surface area contributed by atoms with Gasteiger partial charge in [-0.15, -0.1) is 0 Å². The molecule has 0 saturated heterocycles. The number of benzene rings is 5. The number of aromatic nitrogens is 2. The Labute approximate surface area is 255 Å². The van der Waals surface area contributed by atoms with Gasteiger partial charge in [-0.3, -0.25) is 4.57 Å². The molecule has 0 atom stereocenters. The van der Waals surface area contributed by atoms with Gasteiger partial charge in [-0.05, 0) is 65.7 Å². The molecule has 6 aromatic rings. The minimum Gasteiger partial charge on any atom is -0.497 e. The van der Waals surface area contributed by atoms with E-state index < -0.39 is 5.97 Å². The number of hydrogen-bond acceptors (Lipinski definition) is 5. The summed E-state index contributed by atoms with van der Waals surface area (Å²) in [7, 11) is 1.62. The smallest absolute Gasteiger partial charge is 0.335 e. The Kier molecular flexibility index (Phi) is 8.36. The molecule has 0 bridgehead atoms. The van der Waals surface area contributed by atoms with Crippen LogP contribution < -0.4 is 14.2 Å². The fraction of sp³-hybridized carbons (Fsp3) is 0.0811. The summed E-state index contributed by atoms with van der Waals surface area (Å²) in [5.41, 5.74) is 5.23. The molecule has 0 unspecified atom stereocenters. The van der Waals surface area contributed by atoms with E-state index in [0.717, 1.165) is 27.9 Å². The first kappa shape index (κ1) is 28.3. The van der Waals surface area contributed by atoms with Crippen molar-refractivity contribution in [3.63, 3.8) is 0 Å². The second-order valence-electron chi connectivity index (χ2n) is 10.1. The van der Waals surface area contributed by atoms with Gasteiger partial charge in [0.2, 0.25) is 0 Å². The first-order chi connectivity index (χ1) is 21.6. The average Bonchev–Trinajstić information content (AvgIpc) is 3.52. The first-order valence-corrected chi connectivity index (χ1v) is 14.1. The van der Waals surface area contributed by atoms with Gasteiger partial charge < -0.3 is 19.3 Å². The molecule has 1 aromatic heterocycles. The number of para-hydroxylation sites is 1. The molecule has 1 heterocycles. The predicted octanol–water partition coefficient (Wildman–Crippen LogP) is 8.07. The van der Waals surface area contributed by atoms with Gasteiger partial charge in [0.1, 0.15) is 36.3 Å². The standard InChI is InChI=1S/C37H30N2O5/c1-42-30-20-21-35(44-25-27-12-6-3-7-13-27)32(22-30)33-23-39(29-18-16-28(17-19-29)37(40)41)36(38-33)31-14-8-9-15-34(31)43-24-26-10-4-2-5-11-26/h2-23H,24-25H2,1H3,(H,40,41). The topological polar surface area (TPSA) is 82.8 Å². The van der Waals surface area contributed by atoms with Gasteiger partial charge in [-0.1, -0.05) is 72.8 Å². The third-order valence-electron chi connectivity index (χ3n) is 7.16. The van der Waals surface area contributed by atoms with Crippen molar-refractivity contribution in [1.29, 1.82) is 0 Å². The number of ether oxygens (including phenoxy) is 3. The molecule has 44 heavy (non-hydrogen) atoms. The van der Waals surface area contributed by atoms with E-state index >= 15 is 0 Å². The van der Waals surface area contributed by atoms with Crippen molar-refractivity contribution in [2.24, 2.45) is 0 Å². The zero-order chi connectivity index (χ0) is 30.3. The SMILES string of the molecule is COc1ccc(OCc2ccccc2)c(-c2cn(-c3ccc(C(=O)O)cc3)c(-c3ccccc3OCc3ccccc3)n2)c1. The van der Waals surface area contributed by atoms with Crippen LogP contribution in [0.25, 0.3) is 28.3 Å². The average molecular weight is 583 g/mol. The van der Waals surface area contributed by atoms with Crippen LogP contribution >= 0.6 is 0 Å². The van der Waals surface area contributed by atoms with E-state index in [9.17, 15) is 9.90 Å². The number of carboxylic acids is 1. The lowest BCUT2D eigenvalue weighted by atomic mass is 10.1. The summed E-state index contributed by atoms with van der Waals surface area (Å²) in [4.78, 5) is 16.7. The maximum atomic E-state index is 11.6. The summed E-state index contributed by atoms with van der Waals surface area (Å²) in [6.07, 6.45) is 1.92. The molecule has 0 aliphatic carbocycles. The van der Waals surface area contributed by atoms with Gasteiger partial charge in [0.15, 0.2) is 0 Å². The van der Waals surface area contributed by atoms with Crippen molar-refractivity contribution in [2.45, 2.75) is 13.2 Å². The summed E-state index contributed by atoms with van der Waals surface area (Å²) in [6, 6.07) is 40.0. The van der Waals surface area contributed by atoms with Crippen LogP contribution in [0.15, 0.2) is 134 Å². The summed E-state index contributed by atoms with van der Waals surface area (Å²) in [5.74, 6) is 1.63. The maximum absolute atomic E-state index is 11.6. The molecule has 0 saturated carbocycles. The Morgan fingerprint density at radius 1 is 0.705 bits per heavy atom. The van der Waals surface area contributed by atoms with Crippen LogP contribution in [-0.2, 0) is 13.2 Å².